The van der Waals surface area contributed by atoms with Gasteiger partial charge in [0.25, 0.3) is 0 Å². The van der Waals surface area contributed by atoms with E-state index in [1.54, 1.807) is 72.8 Å². The first-order valence-electron chi connectivity index (χ1n) is 18.6. The van der Waals surface area contributed by atoms with E-state index in [1.807, 2.05) is 24.3 Å². The number of aromatic carboxylic acids is 2. The minimum Gasteiger partial charge on any atom is -0.505 e. The third-order valence-corrected chi connectivity index (χ3v) is 9.65. The molecule has 0 bridgehead atoms. The van der Waals surface area contributed by atoms with Gasteiger partial charge in [-0.25, -0.2) is 9.59 Å². The zero-order valence-electron chi connectivity index (χ0n) is 35.5. The van der Waals surface area contributed by atoms with Gasteiger partial charge in [0.05, 0.1) is 33.6 Å². The number of carboxylic acid groups (broad SMARTS) is 2. The summed E-state index contributed by atoms with van der Waals surface area (Å²) in [4.78, 5) is 73.7. The Morgan fingerprint density at radius 2 is 0.773 bits per heavy atom. The molecule has 0 amide bonds. The first-order chi connectivity index (χ1) is 29.9. The van der Waals surface area contributed by atoms with Crippen molar-refractivity contribution < 1.29 is 155 Å². The van der Waals surface area contributed by atoms with Gasteiger partial charge in [-0.3, -0.25) is 30.0 Å². The molecule has 18 heteroatoms. The van der Waals surface area contributed by atoms with Crippen LogP contribution in [0.3, 0.4) is 0 Å². The molecule has 6 aromatic carbocycles. The summed E-state index contributed by atoms with van der Waals surface area (Å²) in [6.07, 6.45) is 6.15. The SMILES string of the molecule is O=C1C=Cc2ccccc2C1=NNc1ccc(C(=O)O)c(C(=O)c2ccccc2)c1O.O=C1C=Cc2ccccc2C1=NNc1ccc(C(=O)O)c(C(=O)c2ccccc2)c1O.[Co].[Na+].[Na+].[Na+]. The van der Waals surface area contributed by atoms with E-state index in [1.165, 1.54) is 60.7 Å². The standard InChI is InChI=1S/2C24H16N2O5.Co.3Na/c2*27-19-13-10-14-6-4-5-9-16(14)21(19)26-25-18-12-11-17(24(30)31)20(23(18)29)22(28)15-7-2-1-3-8-15;;;;/h2*1-13,25,29H,(H,30,31);;;;/q;;;3*+1. The number of fused-ring (bicyclic) bond motifs is 2. The number of rotatable bonds is 10. The van der Waals surface area contributed by atoms with Crippen molar-refractivity contribution in [2.45, 2.75) is 0 Å². The number of aromatic hydroxyl groups is 2. The maximum Gasteiger partial charge on any atom is 1.00 e. The Labute approximate surface area is 453 Å². The topological polar surface area (TPSA) is 232 Å². The van der Waals surface area contributed by atoms with Gasteiger partial charge in [0.2, 0.25) is 11.6 Å². The van der Waals surface area contributed by atoms with Gasteiger partial charge in [0.1, 0.15) is 11.4 Å². The molecule has 0 spiro atoms. The van der Waals surface area contributed by atoms with Gasteiger partial charge >= 0.3 is 101 Å². The molecule has 8 rings (SSSR count). The second-order valence-corrected chi connectivity index (χ2v) is 13.5. The number of ketones is 4. The van der Waals surface area contributed by atoms with Crippen LogP contribution in [-0.4, -0.2) is 66.9 Å². The first kappa shape index (κ1) is 54.8. The van der Waals surface area contributed by atoms with Crippen LogP contribution in [0.2, 0.25) is 0 Å². The van der Waals surface area contributed by atoms with E-state index >= 15 is 0 Å². The Morgan fingerprint density at radius 1 is 0.439 bits per heavy atom. The van der Waals surface area contributed by atoms with Crippen LogP contribution in [-0.2, 0) is 26.4 Å². The molecular formula is C48H32CoN4Na3O10+3. The van der Waals surface area contributed by atoms with Crippen molar-refractivity contribution in [3.63, 3.8) is 0 Å². The molecule has 0 atom stereocenters. The van der Waals surface area contributed by atoms with Crippen molar-refractivity contribution in [3.05, 3.63) is 201 Å². The van der Waals surface area contributed by atoms with Crippen molar-refractivity contribution in [2.24, 2.45) is 10.2 Å². The molecule has 2 aliphatic rings. The number of phenols is 2. The second kappa shape index (κ2) is 24.8. The molecule has 66 heavy (non-hydrogen) atoms. The molecule has 313 valence electrons. The van der Waals surface area contributed by atoms with Gasteiger partial charge in [-0.2, -0.15) is 10.2 Å². The molecular weight excluding hydrogens is 920 g/mol. The molecule has 0 unspecified atom stereocenters. The average molecular weight is 953 g/mol. The predicted molar refractivity (Wildman–Crippen MR) is 231 cm³/mol. The smallest absolute Gasteiger partial charge is 0.505 e. The average Bonchev–Trinajstić information content (AvgIpc) is 3.29. The summed E-state index contributed by atoms with van der Waals surface area (Å²) in [5.41, 5.74) is 7.38. The summed E-state index contributed by atoms with van der Waals surface area (Å²) in [6.45, 7) is 0. The molecule has 1 radical (unpaired) electrons. The number of allylic oxidation sites excluding steroid dienone is 2. The molecule has 0 aliphatic heterocycles. The summed E-state index contributed by atoms with van der Waals surface area (Å²) in [5, 5.41) is 48.7. The number of carboxylic acids is 2. The zero-order valence-corrected chi connectivity index (χ0v) is 42.5. The zero-order chi connectivity index (χ0) is 43.9. The Balaban J connectivity index is 0.000000330. The Bertz CT molecular complexity index is 2780. The van der Waals surface area contributed by atoms with Gasteiger partial charge in [0.15, 0.2) is 23.1 Å². The van der Waals surface area contributed by atoms with Gasteiger partial charge < -0.3 is 20.4 Å². The van der Waals surface area contributed by atoms with E-state index in [4.69, 9.17) is 0 Å². The molecule has 0 fully saturated rings. The van der Waals surface area contributed by atoms with Gasteiger partial charge in [-0.1, -0.05) is 121 Å². The van der Waals surface area contributed by atoms with Crippen LogP contribution in [0.15, 0.2) is 156 Å². The van der Waals surface area contributed by atoms with E-state index < -0.39 is 35.0 Å². The number of benzene rings is 6. The van der Waals surface area contributed by atoms with Gasteiger partial charge in [0, 0.05) is 39.0 Å². The number of hydrogen-bond donors (Lipinski definition) is 6. The van der Waals surface area contributed by atoms with Crippen LogP contribution in [0.1, 0.15) is 74.8 Å². The third kappa shape index (κ3) is 12.1. The van der Waals surface area contributed by atoms with Crippen LogP contribution in [0.5, 0.6) is 11.5 Å². The van der Waals surface area contributed by atoms with E-state index in [9.17, 15) is 49.2 Å². The maximum absolute atomic E-state index is 12.9. The normalized spacial score (nSPS) is 12.8. The van der Waals surface area contributed by atoms with Crippen LogP contribution >= 0.6 is 0 Å². The first-order valence-corrected chi connectivity index (χ1v) is 18.6. The molecule has 0 heterocycles. The summed E-state index contributed by atoms with van der Waals surface area (Å²) in [6, 6.07) is 35.5. The number of nitrogens with one attached hydrogen (secondary N) is 2. The fourth-order valence-electron chi connectivity index (χ4n) is 6.58. The van der Waals surface area contributed by atoms with Crippen molar-refractivity contribution in [1.82, 2.24) is 0 Å². The van der Waals surface area contributed by atoms with Gasteiger partial charge in [-0.15, -0.1) is 0 Å². The molecule has 6 N–H and O–H groups in total. The van der Waals surface area contributed by atoms with Crippen molar-refractivity contribution >= 4 is 70.0 Å². The molecule has 0 saturated carbocycles. The number of carbonyl (C=O) groups is 6. The Kier molecular flexibility index (Phi) is 20.6. The number of anilines is 2. The molecule has 0 aromatic heterocycles. The largest absolute Gasteiger partial charge is 1.00 e. The Morgan fingerprint density at radius 3 is 1.12 bits per heavy atom. The summed E-state index contributed by atoms with van der Waals surface area (Å²) in [7, 11) is 0. The fourth-order valence-corrected chi connectivity index (χ4v) is 6.58. The van der Waals surface area contributed by atoms with Crippen molar-refractivity contribution in [2.75, 3.05) is 10.9 Å². The van der Waals surface area contributed by atoms with Crippen LogP contribution in [0.25, 0.3) is 12.2 Å². The van der Waals surface area contributed by atoms with E-state index in [2.05, 4.69) is 21.1 Å². The monoisotopic (exact) mass is 952 g/mol. The number of hydrazone groups is 2. The number of carbonyl (C=O) groups excluding carboxylic acids is 4. The van der Waals surface area contributed by atoms with Crippen LogP contribution in [0.4, 0.5) is 11.4 Å². The molecule has 2 aliphatic carbocycles. The van der Waals surface area contributed by atoms with E-state index in [-0.39, 0.29) is 173 Å². The molecule has 6 aromatic rings. The summed E-state index contributed by atoms with van der Waals surface area (Å²) >= 11 is 0. The number of phenolic OH excluding ortho intramolecular Hbond substituents is 2. The number of hydrogen-bond acceptors (Lipinski definition) is 12. The summed E-state index contributed by atoms with van der Waals surface area (Å²) < 4.78 is 0. The van der Waals surface area contributed by atoms with Crippen LogP contribution in [0, 0.1) is 0 Å². The van der Waals surface area contributed by atoms with Gasteiger partial charge in [-0.05, 0) is 47.5 Å². The van der Waals surface area contributed by atoms with Crippen LogP contribution < -0.4 is 99.5 Å². The summed E-state index contributed by atoms with van der Waals surface area (Å²) in [5.74, 6) is -5.78. The van der Waals surface area contributed by atoms with Crippen molar-refractivity contribution in [1.29, 1.82) is 0 Å². The minimum absolute atomic E-state index is 0. The number of nitrogens with zero attached hydrogens (tertiary/aromatic N) is 2. The fraction of sp³-hybridized carbons (Fsp3) is 0. The minimum atomic E-state index is -1.35. The predicted octanol–water partition coefficient (Wildman–Crippen LogP) is -1.52. The van der Waals surface area contributed by atoms with E-state index in [0.29, 0.717) is 11.1 Å². The maximum atomic E-state index is 12.9. The molecule has 0 saturated heterocycles. The van der Waals surface area contributed by atoms with Crippen molar-refractivity contribution in [3.8, 4) is 11.5 Å². The molecule has 14 nitrogen and oxygen atoms in total. The Hall–Kier alpha value is -5.53. The van der Waals surface area contributed by atoms with E-state index in [0.717, 1.165) is 11.1 Å². The third-order valence-electron chi connectivity index (χ3n) is 9.65. The quantitative estimate of drug-likeness (QED) is 0.0398. The second-order valence-electron chi connectivity index (χ2n) is 13.5.